The Labute approximate surface area is 239 Å². The lowest BCUT2D eigenvalue weighted by Crippen LogP contribution is -2.26. The summed E-state index contributed by atoms with van der Waals surface area (Å²) >= 11 is 1.27. The molecule has 2 aromatic carbocycles. The van der Waals surface area contributed by atoms with Crippen molar-refractivity contribution in [3.05, 3.63) is 124 Å². The van der Waals surface area contributed by atoms with Gasteiger partial charge in [0.05, 0.1) is 10.9 Å². The maximum absolute atomic E-state index is 13.5. The summed E-state index contributed by atoms with van der Waals surface area (Å²) in [7, 11) is 0. The number of anilines is 1. The van der Waals surface area contributed by atoms with Gasteiger partial charge in [-0.1, -0.05) is 71.0 Å². The third kappa shape index (κ3) is 4.76. The number of pyridine rings is 2. The van der Waals surface area contributed by atoms with E-state index in [1.165, 1.54) is 15.7 Å². The van der Waals surface area contributed by atoms with Crippen molar-refractivity contribution in [3.63, 3.8) is 0 Å². The van der Waals surface area contributed by atoms with Gasteiger partial charge in [0.25, 0.3) is 11.5 Å². The number of aryl methyl sites for hydroxylation is 2. The fraction of sp³-hybridized carbons (Fsp3) is 0.0938. The molecule has 4 aromatic heterocycles. The smallest absolute Gasteiger partial charge is 0.267 e. The molecule has 0 bridgehead atoms. The van der Waals surface area contributed by atoms with Gasteiger partial charge in [0.15, 0.2) is 0 Å². The average molecular weight is 559 g/mol. The van der Waals surface area contributed by atoms with Crippen LogP contribution in [0.1, 0.15) is 21.5 Å². The first-order chi connectivity index (χ1) is 19.8. The molecule has 0 aliphatic heterocycles. The van der Waals surface area contributed by atoms with E-state index >= 15 is 0 Å². The Morgan fingerprint density at radius 2 is 1.73 bits per heavy atom. The van der Waals surface area contributed by atoms with Gasteiger partial charge in [0.1, 0.15) is 32.5 Å². The number of hydrogen-bond donors (Lipinski definition) is 2. The van der Waals surface area contributed by atoms with Gasteiger partial charge in [-0.3, -0.25) is 19.4 Å². The van der Waals surface area contributed by atoms with Gasteiger partial charge in [-0.25, -0.2) is 9.97 Å². The van der Waals surface area contributed by atoms with E-state index in [0.717, 1.165) is 16.7 Å². The largest absolute Gasteiger partial charge is 0.312 e. The minimum absolute atomic E-state index is 0.144. The summed E-state index contributed by atoms with van der Waals surface area (Å²) in [6.45, 7) is 8.11. The lowest BCUT2D eigenvalue weighted by Gasteiger charge is -2.12. The van der Waals surface area contributed by atoms with Gasteiger partial charge in [0, 0.05) is 23.9 Å². The molecule has 0 aliphatic rings. The quantitative estimate of drug-likeness (QED) is 0.194. The van der Waals surface area contributed by atoms with Crippen LogP contribution in [0.5, 0.6) is 0 Å². The number of nitrogens with zero attached hydrogens (tertiary/aromatic N) is 4. The topological polar surface area (TPSA) is 105 Å². The Morgan fingerprint density at radius 1 is 1.02 bits per heavy atom. The summed E-state index contributed by atoms with van der Waals surface area (Å²) in [6.07, 6.45) is 3.34. The van der Waals surface area contributed by atoms with Crippen molar-refractivity contribution < 1.29 is 4.79 Å². The van der Waals surface area contributed by atoms with Gasteiger partial charge < -0.3 is 9.88 Å². The lowest BCUT2D eigenvalue weighted by molar-refractivity contribution is 0.102. The van der Waals surface area contributed by atoms with Crippen LogP contribution in [0, 0.1) is 19.3 Å². The summed E-state index contributed by atoms with van der Waals surface area (Å²) in [5.41, 5.74) is 5.37. The number of allylic oxidation sites excluding steroid dienone is 1. The van der Waals surface area contributed by atoms with Crippen LogP contribution >= 0.6 is 11.3 Å². The van der Waals surface area contributed by atoms with Crippen molar-refractivity contribution in [3.8, 4) is 21.8 Å². The highest BCUT2D eigenvalue weighted by Gasteiger charge is 2.21. The minimum Gasteiger partial charge on any atom is -0.312 e. The Bertz CT molecular complexity index is 2090. The number of benzene rings is 2. The number of carbonyl (C=O) groups excluding carboxylic acids is 1. The molecule has 0 aliphatic carbocycles. The number of fused-ring (bicyclic) bond motifs is 2. The second-order valence-corrected chi connectivity index (χ2v) is 10.8. The van der Waals surface area contributed by atoms with Crippen LogP contribution in [0.15, 0.2) is 96.4 Å². The van der Waals surface area contributed by atoms with Crippen LogP contribution < -0.4 is 16.4 Å². The lowest BCUT2D eigenvalue weighted by atomic mass is 10.1. The maximum atomic E-state index is 13.5. The van der Waals surface area contributed by atoms with Crippen LogP contribution in [-0.2, 0) is 6.54 Å². The Kier molecular flexibility index (Phi) is 6.64. The molecular weight excluding hydrogens is 532 g/mol. The normalized spacial score (nSPS) is 11.2. The molecule has 1 amide bonds. The Morgan fingerprint density at radius 3 is 2.44 bits per heavy atom. The molecule has 2 N–H and O–H groups in total. The van der Waals surface area contributed by atoms with E-state index in [1.807, 2.05) is 56.3 Å². The molecule has 6 aromatic rings. The standard InChI is InChI=1S/C32H26N6O2S/c1-4-16-38-27(33)23(18-24-28(38)34-25-7-5-6-17-37(25)32(24)40)30-35-26(21-12-8-19(2)9-13-21)31(41-30)36-29(39)22-14-10-20(3)11-15-22/h4-15,17-18,33H,1,16H2,2-3H3,(H,36,39). The first-order valence-corrected chi connectivity index (χ1v) is 13.8. The first kappa shape index (κ1) is 26.1. The third-order valence-electron chi connectivity index (χ3n) is 6.85. The van der Waals surface area contributed by atoms with E-state index in [2.05, 4.69) is 11.9 Å². The fourth-order valence-electron chi connectivity index (χ4n) is 4.66. The maximum Gasteiger partial charge on any atom is 0.267 e. The highest BCUT2D eigenvalue weighted by molar-refractivity contribution is 7.19. The molecule has 8 nitrogen and oxygen atoms in total. The zero-order valence-corrected chi connectivity index (χ0v) is 23.3. The van der Waals surface area contributed by atoms with E-state index in [1.54, 1.807) is 47.2 Å². The number of thiazole rings is 1. The summed E-state index contributed by atoms with van der Waals surface area (Å²) in [6, 6.07) is 22.3. The second kappa shape index (κ2) is 10.4. The highest BCUT2D eigenvalue weighted by Crippen LogP contribution is 2.38. The summed E-state index contributed by atoms with van der Waals surface area (Å²) in [5, 5.41) is 13.6. The first-order valence-electron chi connectivity index (χ1n) is 13.0. The number of nitrogens with one attached hydrogen (secondary N) is 2. The van der Waals surface area contributed by atoms with Gasteiger partial charge in [0.2, 0.25) is 0 Å². The van der Waals surface area contributed by atoms with Crippen LogP contribution in [0.4, 0.5) is 5.00 Å². The fourth-order valence-corrected chi connectivity index (χ4v) is 5.66. The van der Waals surface area contributed by atoms with Crippen molar-refractivity contribution in [2.45, 2.75) is 20.4 Å². The van der Waals surface area contributed by atoms with Crippen molar-refractivity contribution in [1.29, 1.82) is 5.41 Å². The predicted octanol–water partition coefficient (Wildman–Crippen LogP) is 5.97. The molecule has 0 saturated heterocycles. The van der Waals surface area contributed by atoms with Crippen molar-refractivity contribution in [1.82, 2.24) is 18.9 Å². The third-order valence-corrected chi connectivity index (χ3v) is 7.86. The van der Waals surface area contributed by atoms with Gasteiger partial charge in [-0.15, -0.1) is 6.58 Å². The van der Waals surface area contributed by atoms with Gasteiger partial charge >= 0.3 is 0 Å². The average Bonchev–Trinajstić information content (AvgIpc) is 3.38. The second-order valence-electron chi connectivity index (χ2n) is 9.77. The van der Waals surface area contributed by atoms with Crippen molar-refractivity contribution >= 4 is 38.9 Å². The Hall–Kier alpha value is -5.15. The number of hydrogen-bond acceptors (Lipinski definition) is 6. The van der Waals surface area contributed by atoms with E-state index in [4.69, 9.17) is 15.4 Å². The predicted molar refractivity (Wildman–Crippen MR) is 163 cm³/mol. The van der Waals surface area contributed by atoms with Crippen LogP contribution in [-0.4, -0.2) is 24.8 Å². The molecule has 0 fully saturated rings. The minimum atomic E-state index is -0.256. The number of amides is 1. The SMILES string of the molecule is C=CCn1c(=N)c(-c2nc(-c3ccc(C)cc3)c(NC(=O)c3ccc(C)cc3)s2)cc2c(=O)n3ccccc3nc21. The molecule has 202 valence electrons. The molecule has 0 saturated carbocycles. The monoisotopic (exact) mass is 558 g/mol. The number of aromatic nitrogens is 4. The number of rotatable bonds is 6. The zero-order chi connectivity index (χ0) is 28.7. The number of carbonyl (C=O) groups is 1. The summed E-state index contributed by atoms with van der Waals surface area (Å²) < 4.78 is 3.14. The molecule has 0 atom stereocenters. The summed E-state index contributed by atoms with van der Waals surface area (Å²) in [5.74, 6) is -0.256. The van der Waals surface area contributed by atoms with E-state index < -0.39 is 0 Å². The van der Waals surface area contributed by atoms with Gasteiger partial charge in [-0.2, -0.15) is 0 Å². The molecular formula is C32H26N6O2S. The molecule has 9 heteroatoms. The summed E-state index contributed by atoms with van der Waals surface area (Å²) in [4.78, 5) is 36.4. The molecule has 41 heavy (non-hydrogen) atoms. The Balaban J connectivity index is 1.56. The molecule has 4 heterocycles. The van der Waals surface area contributed by atoms with Crippen LogP contribution in [0.3, 0.4) is 0 Å². The molecule has 6 rings (SSSR count). The van der Waals surface area contributed by atoms with Crippen molar-refractivity contribution in [2.75, 3.05) is 5.32 Å². The molecule has 0 unspecified atom stereocenters. The highest BCUT2D eigenvalue weighted by atomic mass is 32.1. The van der Waals surface area contributed by atoms with Crippen LogP contribution in [0.25, 0.3) is 38.5 Å². The van der Waals surface area contributed by atoms with E-state index in [-0.39, 0.29) is 23.5 Å². The molecule has 0 radical (unpaired) electrons. The van der Waals surface area contributed by atoms with Gasteiger partial charge in [-0.05, 0) is 44.2 Å². The zero-order valence-electron chi connectivity index (χ0n) is 22.5. The van der Waals surface area contributed by atoms with Crippen LogP contribution in [0.2, 0.25) is 0 Å². The van der Waals surface area contributed by atoms with Crippen molar-refractivity contribution in [2.24, 2.45) is 0 Å². The van der Waals surface area contributed by atoms with E-state index in [9.17, 15) is 9.59 Å². The van der Waals surface area contributed by atoms with E-state index in [0.29, 0.717) is 43.5 Å². The molecule has 0 spiro atoms.